The van der Waals surface area contributed by atoms with Crippen molar-refractivity contribution in [3.8, 4) is 11.8 Å². The zero-order valence-corrected chi connectivity index (χ0v) is 19.4. The average Bonchev–Trinajstić information content (AvgIpc) is 3.17. The topological polar surface area (TPSA) is 98.1 Å². The molecule has 3 aromatic rings. The molecule has 1 aromatic heterocycles. The minimum absolute atomic E-state index is 0.108. The maximum Gasteiger partial charge on any atom is 0.417 e. The van der Waals surface area contributed by atoms with Crippen LogP contribution < -0.4 is 10.1 Å². The Morgan fingerprint density at radius 2 is 1.89 bits per heavy atom. The predicted octanol–water partition coefficient (Wildman–Crippen LogP) is 4.77. The lowest BCUT2D eigenvalue weighted by atomic mass is 9.73. The van der Waals surface area contributed by atoms with E-state index in [-0.39, 0.29) is 29.1 Å². The molecule has 186 valence electrons. The number of benzene rings is 2. The maximum absolute atomic E-state index is 14.2. The normalized spacial score (nSPS) is 13.8. The summed E-state index contributed by atoms with van der Waals surface area (Å²) in [6, 6.07) is 11.3. The summed E-state index contributed by atoms with van der Waals surface area (Å²) in [5, 5.41) is 22.4. The number of carbonyl (C=O) groups excluding carboxylic acids is 1. The van der Waals surface area contributed by atoms with Gasteiger partial charge < -0.3 is 20.1 Å². The lowest BCUT2D eigenvalue weighted by Gasteiger charge is -2.38. The van der Waals surface area contributed by atoms with E-state index in [1.165, 1.54) is 51.3 Å². The van der Waals surface area contributed by atoms with E-state index in [1.807, 2.05) is 0 Å². The van der Waals surface area contributed by atoms with E-state index < -0.39 is 41.8 Å². The smallest absolute Gasteiger partial charge is 0.417 e. The number of hydrogen-bond acceptors (Lipinski definition) is 4. The van der Waals surface area contributed by atoms with Gasteiger partial charge in [-0.2, -0.15) is 18.4 Å². The van der Waals surface area contributed by atoms with E-state index >= 15 is 0 Å². The molecular formula is C25H25F4N3O3. The van der Waals surface area contributed by atoms with Crippen molar-refractivity contribution in [3.05, 3.63) is 65.1 Å². The minimum atomic E-state index is -5.00. The van der Waals surface area contributed by atoms with Crippen molar-refractivity contribution >= 4 is 16.8 Å². The molecule has 3 rings (SSSR count). The van der Waals surface area contributed by atoms with Crippen LogP contribution in [0, 0.1) is 17.1 Å². The Kier molecular flexibility index (Phi) is 7.13. The van der Waals surface area contributed by atoms with E-state index in [2.05, 4.69) is 10.3 Å². The number of halogens is 4. The third kappa shape index (κ3) is 5.57. The first-order chi connectivity index (χ1) is 16.3. The number of fused-ring (bicyclic) bond motifs is 1. The first-order valence-corrected chi connectivity index (χ1v) is 10.7. The molecule has 1 atom stereocenters. The lowest BCUT2D eigenvalue weighted by Crippen LogP contribution is -2.51. The third-order valence-electron chi connectivity index (χ3n) is 5.90. The summed E-state index contributed by atoms with van der Waals surface area (Å²) in [6.45, 7) is 2.79. The van der Waals surface area contributed by atoms with Crippen LogP contribution in [-0.2, 0) is 11.8 Å². The quantitative estimate of drug-likeness (QED) is 0.312. The summed E-state index contributed by atoms with van der Waals surface area (Å²) in [5.74, 6) is -0.905. The summed E-state index contributed by atoms with van der Waals surface area (Å²) in [7, 11) is 1.34. The van der Waals surface area contributed by atoms with Gasteiger partial charge in [0, 0.05) is 34.1 Å². The first-order valence-electron chi connectivity index (χ1n) is 10.7. The average molecular weight is 491 g/mol. The Balaban J connectivity index is 1.95. The second-order valence-corrected chi connectivity index (χ2v) is 9.05. The zero-order chi connectivity index (χ0) is 26.0. The third-order valence-corrected chi connectivity index (χ3v) is 5.90. The van der Waals surface area contributed by atoms with Crippen molar-refractivity contribution in [2.75, 3.05) is 13.7 Å². The number of nitrogens with zero attached hydrogens (tertiary/aromatic N) is 1. The summed E-state index contributed by atoms with van der Waals surface area (Å²) in [4.78, 5) is 14.9. The molecule has 1 heterocycles. The number of ether oxygens (including phenoxy) is 1. The molecule has 10 heteroatoms. The van der Waals surface area contributed by atoms with E-state index in [0.717, 1.165) is 12.1 Å². The van der Waals surface area contributed by atoms with Crippen molar-refractivity contribution in [2.24, 2.45) is 0 Å². The molecule has 1 amide bonds. The van der Waals surface area contributed by atoms with E-state index in [4.69, 9.17) is 10.00 Å². The Morgan fingerprint density at radius 3 is 2.51 bits per heavy atom. The van der Waals surface area contributed by atoms with Crippen LogP contribution in [0.15, 0.2) is 42.5 Å². The van der Waals surface area contributed by atoms with Crippen molar-refractivity contribution in [1.82, 2.24) is 10.3 Å². The molecule has 1 unspecified atom stereocenters. The van der Waals surface area contributed by atoms with Crippen LogP contribution in [0.25, 0.3) is 10.9 Å². The van der Waals surface area contributed by atoms with Crippen LogP contribution in [0.3, 0.4) is 0 Å². The molecule has 0 aliphatic rings. The van der Waals surface area contributed by atoms with Gasteiger partial charge in [-0.15, -0.1) is 0 Å². The fraction of sp³-hybridized carbons (Fsp3) is 0.360. The monoisotopic (exact) mass is 491 g/mol. The molecule has 0 radical (unpaired) electrons. The Bertz CT molecular complexity index is 1280. The number of aromatic amines is 1. The number of amides is 1. The lowest BCUT2D eigenvalue weighted by molar-refractivity contribution is -0.266. The maximum atomic E-state index is 14.2. The van der Waals surface area contributed by atoms with Gasteiger partial charge in [0.05, 0.1) is 13.2 Å². The molecule has 0 saturated carbocycles. The molecule has 0 aliphatic carbocycles. The number of alkyl halides is 3. The fourth-order valence-electron chi connectivity index (χ4n) is 4.26. The summed E-state index contributed by atoms with van der Waals surface area (Å²) < 4.78 is 61.7. The van der Waals surface area contributed by atoms with Crippen LogP contribution in [0.5, 0.6) is 5.75 Å². The molecule has 0 bridgehead atoms. The van der Waals surface area contributed by atoms with Gasteiger partial charge >= 0.3 is 6.18 Å². The molecule has 0 aliphatic heterocycles. The highest BCUT2D eigenvalue weighted by Crippen LogP contribution is 2.45. The summed E-state index contributed by atoms with van der Waals surface area (Å²) in [6.07, 6.45) is -6.55. The number of rotatable bonds is 8. The molecule has 0 saturated heterocycles. The van der Waals surface area contributed by atoms with Crippen molar-refractivity contribution < 1.29 is 32.2 Å². The summed E-state index contributed by atoms with van der Waals surface area (Å²) in [5.41, 5.74) is -3.43. The van der Waals surface area contributed by atoms with E-state index in [9.17, 15) is 27.5 Å². The van der Waals surface area contributed by atoms with Crippen LogP contribution in [0.2, 0.25) is 0 Å². The molecule has 6 nitrogen and oxygen atoms in total. The van der Waals surface area contributed by atoms with Gasteiger partial charge in [-0.1, -0.05) is 13.8 Å². The minimum Gasteiger partial charge on any atom is -0.496 e. The Labute approximate surface area is 199 Å². The highest BCUT2D eigenvalue weighted by molar-refractivity contribution is 5.98. The molecule has 0 spiro atoms. The molecular weight excluding hydrogens is 466 g/mol. The second-order valence-electron chi connectivity index (χ2n) is 9.05. The van der Waals surface area contributed by atoms with Crippen LogP contribution in [0.4, 0.5) is 17.6 Å². The second kappa shape index (κ2) is 9.58. The van der Waals surface area contributed by atoms with Crippen molar-refractivity contribution in [1.29, 1.82) is 5.26 Å². The van der Waals surface area contributed by atoms with Gasteiger partial charge in [-0.3, -0.25) is 4.79 Å². The molecule has 2 aromatic carbocycles. The van der Waals surface area contributed by atoms with Gasteiger partial charge in [0.1, 0.15) is 18.1 Å². The van der Waals surface area contributed by atoms with Gasteiger partial charge in [0.15, 0.2) is 5.60 Å². The molecule has 35 heavy (non-hydrogen) atoms. The number of H-pyrrole nitrogens is 1. The van der Waals surface area contributed by atoms with Crippen molar-refractivity contribution in [2.45, 2.75) is 43.9 Å². The Hall–Kier alpha value is -3.58. The van der Waals surface area contributed by atoms with Crippen LogP contribution in [0.1, 0.15) is 41.9 Å². The van der Waals surface area contributed by atoms with Gasteiger partial charge in [-0.05, 0) is 54.3 Å². The number of nitrogens with one attached hydrogen (secondary N) is 2. The predicted molar refractivity (Wildman–Crippen MR) is 122 cm³/mol. The first kappa shape index (κ1) is 26.0. The van der Waals surface area contributed by atoms with Gasteiger partial charge in [-0.25, -0.2) is 4.39 Å². The largest absolute Gasteiger partial charge is 0.496 e. The fourth-order valence-corrected chi connectivity index (χ4v) is 4.26. The number of carbonyl (C=O) groups is 1. The highest BCUT2D eigenvalue weighted by Gasteiger charge is 2.56. The summed E-state index contributed by atoms with van der Waals surface area (Å²) >= 11 is 0. The van der Waals surface area contributed by atoms with Gasteiger partial charge in [0.2, 0.25) is 0 Å². The number of methoxy groups -OCH3 is 1. The van der Waals surface area contributed by atoms with Crippen LogP contribution in [-0.4, -0.2) is 41.4 Å². The molecule has 0 fully saturated rings. The highest BCUT2D eigenvalue weighted by atomic mass is 19.4. The Morgan fingerprint density at radius 1 is 1.17 bits per heavy atom. The SMILES string of the molecule is COc1ccc(F)cc1C(C)(C)CC(O)(Cc1cc2cc(C(=O)NCC#N)ccc2[nH]1)C(F)(F)F. The van der Waals surface area contributed by atoms with E-state index in [0.29, 0.717) is 10.9 Å². The number of nitriles is 1. The van der Waals surface area contributed by atoms with Gasteiger partial charge in [0.25, 0.3) is 5.91 Å². The standard InChI is InChI=1S/C25H25F4N3O3/c1-23(2,19-12-17(26)5-7-21(19)35-3)14-24(34,25(27,28)29)13-18-11-16-10-15(4-6-20(16)32-18)22(33)31-9-8-30/h4-7,10-12,32,34H,9,13-14H2,1-3H3,(H,31,33). The van der Waals surface area contributed by atoms with Crippen LogP contribution >= 0.6 is 0 Å². The van der Waals surface area contributed by atoms with Crippen molar-refractivity contribution in [3.63, 3.8) is 0 Å². The number of hydrogen-bond donors (Lipinski definition) is 3. The number of aromatic nitrogens is 1. The van der Waals surface area contributed by atoms with E-state index in [1.54, 1.807) is 6.07 Å². The zero-order valence-electron chi connectivity index (χ0n) is 19.4. The number of aliphatic hydroxyl groups is 1. The molecule has 3 N–H and O–H groups in total.